The first-order valence-electron chi connectivity index (χ1n) is 6.10. The fraction of sp³-hybridized carbons (Fsp3) is 0.143. The molecule has 0 aliphatic rings. The van der Waals surface area contributed by atoms with Gasteiger partial charge in [-0.05, 0) is 18.2 Å². The number of nitrogens with zero attached hydrogens (tertiary/aromatic N) is 2. The molecule has 0 aliphatic carbocycles. The summed E-state index contributed by atoms with van der Waals surface area (Å²) in [6.45, 7) is -0.199. The molecule has 122 valence electrons. The molecule has 0 aliphatic heterocycles. The van der Waals surface area contributed by atoms with Crippen molar-refractivity contribution >= 4 is 41.0 Å². The average molecular weight is 384 g/mol. The Morgan fingerprint density at radius 2 is 1.78 bits per heavy atom. The maximum absolute atomic E-state index is 12.5. The normalized spacial score (nSPS) is 11.9. The molecule has 23 heavy (non-hydrogen) atoms. The van der Waals surface area contributed by atoms with Crippen LogP contribution in [0.25, 0.3) is 0 Å². The smallest absolute Gasteiger partial charge is 0.389 e. The van der Waals surface area contributed by atoms with Gasteiger partial charge in [0.05, 0.1) is 32.5 Å². The molecular weight excluding hydrogens is 376 g/mol. The summed E-state index contributed by atoms with van der Waals surface area (Å²) in [5, 5.41) is 4.26. The minimum atomic E-state index is -4.50. The number of hydrogen-bond donors (Lipinski definition) is 0. The quantitative estimate of drug-likeness (QED) is 0.508. The number of pyridine rings is 1. The lowest BCUT2D eigenvalue weighted by Crippen LogP contribution is -2.06. The zero-order valence-electron chi connectivity index (χ0n) is 11.2. The topological polar surface area (TPSA) is 34.5 Å². The molecule has 1 aromatic carbocycles. The van der Waals surface area contributed by atoms with Gasteiger partial charge >= 0.3 is 6.18 Å². The van der Waals surface area contributed by atoms with Gasteiger partial charge < -0.3 is 4.84 Å². The second kappa shape index (κ2) is 7.38. The summed E-state index contributed by atoms with van der Waals surface area (Å²) < 4.78 is 37.5. The van der Waals surface area contributed by atoms with Crippen LogP contribution in [0, 0.1) is 0 Å². The lowest BCUT2D eigenvalue weighted by atomic mass is 10.2. The number of alkyl halides is 3. The number of halogens is 6. The van der Waals surface area contributed by atoms with E-state index in [1.165, 1.54) is 6.21 Å². The molecule has 0 amide bonds. The van der Waals surface area contributed by atoms with Crippen molar-refractivity contribution in [2.45, 2.75) is 12.8 Å². The highest BCUT2D eigenvalue weighted by Crippen LogP contribution is 2.31. The third kappa shape index (κ3) is 4.73. The van der Waals surface area contributed by atoms with E-state index in [1.807, 2.05) is 0 Å². The predicted molar refractivity (Wildman–Crippen MR) is 83.1 cm³/mol. The van der Waals surface area contributed by atoms with Gasteiger partial charge in [0.15, 0.2) is 6.61 Å². The van der Waals surface area contributed by atoms with Crippen molar-refractivity contribution in [3.63, 3.8) is 0 Å². The number of aromatic nitrogens is 1. The molecule has 0 unspecified atom stereocenters. The molecule has 0 radical (unpaired) electrons. The van der Waals surface area contributed by atoms with E-state index >= 15 is 0 Å². The van der Waals surface area contributed by atoms with E-state index in [1.54, 1.807) is 18.2 Å². The van der Waals surface area contributed by atoms with Gasteiger partial charge in [-0.1, -0.05) is 46.0 Å². The Hall–Kier alpha value is -1.50. The molecule has 1 aromatic heterocycles. The standard InChI is InChI=1S/C14H8Cl3F3N2O/c15-10-2-1-3-11(16)9(10)6-22-23-7-13-12(17)4-8(5-21-13)14(18,19)20/h1-6H,7H2/b22-6-. The first kappa shape index (κ1) is 17.8. The predicted octanol–water partition coefficient (Wildman–Crippen LogP) is 5.61. The van der Waals surface area contributed by atoms with E-state index < -0.39 is 11.7 Å². The van der Waals surface area contributed by atoms with Gasteiger partial charge in [-0.2, -0.15) is 13.2 Å². The highest BCUT2D eigenvalue weighted by molar-refractivity contribution is 6.38. The van der Waals surface area contributed by atoms with Crippen LogP contribution in [-0.4, -0.2) is 11.2 Å². The third-order valence-electron chi connectivity index (χ3n) is 2.70. The Balaban J connectivity index is 2.03. The van der Waals surface area contributed by atoms with Crippen LogP contribution in [0.2, 0.25) is 15.1 Å². The van der Waals surface area contributed by atoms with E-state index in [-0.39, 0.29) is 17.3 Å². The maximum Gasteiger partial charge on any atom is 0.417 e. The van der Waals surface area contributed by atoms with Crippen LogP contribution in [0.15, 0.2) is 35.6 Å². The van der Waals surface area contributed by atoms with E-state index in [2.05, 4.69) is 10.1 Å². The first-order valence-corrected chi connectivity index (χ1v) is 7.23. The van der Waals surface area contributed by atoms with E-state index in [9.17, 15) is 13.2 Å². The summed E-state index contributed by atoms with van der Waals surface area (Å²) in [5.41, 5.74) is -0.345. The van der Waals surface area contributed by atoms with Gasteiger partial charge in [-0.25, -0.2) is 0 Å². The van der Waals surface area contributed by atoms with Crippen LogP contribution >= 0.6 is 34.8 Å². The van der Waals surface area contributed by atoms with Crippen LogP contribution in [0.1, 0.15) is 16.8 Å². The number of oxime groups is 1. The highest BCUT2D eigenvalue weighted by Gasteiger charge is 2.31. The third-order valence-corrected chi connectivity index (χ3v) is 3.69. The SMILES string of the molecule is FC(F)(F)c1cnc(CO/N=C\c2c(Cl)cccc2Cl)c(Cl)c1. The molecule has 0 saturated heterocycles. The molecular formula is C14H8Cl3F3N2O. The monoisotopic (exact) mass is 382 g/mol. The molecule has 0 spiro atoms. The molecule has 1 heterocycles. The molecule has 0 fully saturated rings. The number of benzene rings is 1. The van der Waals surface area contributed by atoms with Gasteiger partial charge in [-0.15, -0.1) is 0 Å². The van der Waals surface area contributed by atoms with E-state index in [0.717, 1.165) is 6.07 Å². The first-order chi connectivity index (χ1) is 10.8. The van der Waals surface area contributed by atoms with Crippen molar-refractivity contribution < 1.29 is 18.0 Å². The van der Waals surface area contributed by atoms with Gasteiger partial charge in [0.2, 0.25) is 0 Å². The lowest BCUT2D eigenvalue weighted by Gasteiger charge is -2.08. The van der Waals surface area contributed by atoms with Crippen molar-refractivity contribution in [3.8, 4) is 0 Å². The molecule has 2 aromatic rings. The summed E-state index contributed by atoms with van der Waals surface area (Å²) in [5.74, 6) is 0. The van der Waals surface area contributed by atoms with Crippen molar-refractivity contribution in [3.05, 3.63) is 62.4 Å². The zero-order chi connectivity index (χ0) is 17.0. The maximum atomic E-state index is 12.5. The van der Waals surface area contributed by atoms with Crippen LogP contribution in [-0.2, 0) is 17.6 Å². The molecule has 0 saturated carbocycles. The van der Waals surface area contributed by atoms with Crippen molar-refractivity contribution in [2.24, 2.45) is 5.16 Å². The highest BCUT2D eigenvalue weighted by atomic mass is 35.5. The van der Waals surface area contributed by atoms with Crippen molar-refractivity contribution in [1.29, 1.82) is 0 Å². The Bertz CT molecular complexity index is 715. The van der Waals surface area contributed by atoms with Crippen LogP contribution in [0.5, 0.6) is 0 Å². The number of hydrogen-bond acceptors (Lipinski definition) is 3. The Labute approximate surface area is 144 Å². The molecule has 0 atom stereocenters. The summed E-state index contributed by atoms with van der Waals surface area (Å²) in [4.78, 5) is 8.59. The lowest BCUT2D eigenvalue weighted by molar-refractivity contribution is -0.137. The summed E-state index contributed by atoms with van der Waals surface area (Å²) in [6.07, 6.45) is -2.53. The van der Waals surface area contributed by atoms with Crippen molar-refractivity contribution in [2.75, 3.05) is 0 Å². The minimum absolute atomic E-state index is 0.127. The largest absolute Gasteiger partial charge is 0.417 e. The van der Waals surface area contributed by atoms with Crippen LogP contribution in [0.4, 0.5) is 13.2 Å². The summed E-state index contributed by atoms with van der Waals surface area (Å²) in [7, 11) is 0. The fourth-order valence-corrected chi connectivity index (χ4v) is 2.27. The van der Waals surface area contributed by atoms with E-state index in [0.29, 0.717) is 21.8 Å². The van der Waals surface area contributed by atoms with Crippen molar-refractivity contribution in [1.82, 2.24) is 4.98 Å². The van der Waals surface area contributed by atoms with E-state index in [4.69, 9.17) is 39.6 Å². The Kier molecular flexibility index (Phi) is 5.73. The second-order valence-electron chi connectivity index (χ2n) is 4.29. The van der Waals surface area contributed by atoms with Gasteiger partial charge in [0.25, 0.3) is 0 Å². The zero-order valence-corrected chi connectivity index (χ0v) is 13.5. The molecule has 3 nitrogen and oxygen atoms in total. The molecule has 0 bridgehead atoms. The molecule has 2 rings (SSSR count). The summed E-state index contributed by atoms with van der Waals surface area (Å²) in [6, 6.07) is 5.71. The van der Waals surface area contributed by atoms with Gasteiger partial charge in [0.1, 0.15) is 0 Å². The fourth-order valence-electron chi connectivity index (χ4n) is 1.55. The average Bonchev–Trinajstić information content (AvgIpc) is 2.46. The van der Waals surface area contributed by atoms with Gasteiger partial charge in [-0.3, -0.25) is 4.98 Å². The minimum Gasteiger partial charge on any atom is -0.389 e. The molecule has 9 heteroatoms. The Morgan fingerprint density at radius 1 is 1.13 bits per heavy atom. The van der Waals surface area contributed by atoms with Gasteiger partial charge in [0, 0.05) is 11.8 Å². The summed E-state index contributed by atoms with van der Waals surface area (Å²) >= 11 is 17.6. The van der Waals surface area contributed by atoms with Crippen LogP contribution < -0.4 is 0 Å². The second-order valence-corrected chi connectivity index (χ2v) is 5.52. The Morgan fingerprint density at radius 3 is 2.35 bits per heavy atom. The van der Waals surface area contributed by atoms with Crippen LogP contribution in [0.3, 0.4) is 0 Å². The molecule has 0 N–H and O–H groups in total. The number of rotatable bonds is 4.